The first-order chi connectivity index (χ1) is 12.5. The van der Waals surface area contributed by atoms with E-state index in [1.165, 1.54) is 4.31 Å². The quantitative estimate of drug-likeness (QED) is 0.750. The number of piperidine rings is 1. The van der Waals surface area contributed by atoms with Gasteiger partial charge in [0.1, 0.15) is 0 Å². The molecule has 7 heteroatoms. The summed E-state index contributed by atoms with van der Waals surface area (Å²) >= 11 is 0. The van der Waals surface area contributed by atoms with Crippen LogP contribution in [0.3, 0.4) is 0 Å². The Morgan fingerprint density at radius 1 is 1.15 bits per heavy atom. The summed E-state index contributed by atoms with van der Waals surface area (Å²) in [7, 11) is -3.52. The van der Waals surface area contributed by atoms with Gasteiger partial charge in [-0.25, -0.2) is 8.42 Å². The molecule has 1 aromatic rings. The lowest BCUT2D eigenvalue weighted by Crippen LogP contribution is -2.47. The van der Waals surface area contributed by atoms with Crippen LogP contribution in [0.15, 0.2) is 29.2 Å². The summed E-state index contributed by atoms with van der Waals surface area (Å²) in [5.74, 6) is -0.0666. The predicted octanol–water partition coefficient (Wildman–Crippen LogP) is 2.45. The van der Waals surface area contributed by atoms with Crippen LogP contribution in [0, 0.1) is 0 Å². The van der Waals surface area contributed by atoms with Crippen molar-refractivity contribution in [3.63, 3.8) is 0 Å². The molecule has 1 fully saturated rings. The number of benzene rings is 1. The van der Waals surface area contributed by atoms with Gasteiger partial charge in [0.2, 0.25) is 10.0 Å². The van der Waals surface area contributed by atoms with Crippen molar-refractivity contribution in [2.45, 2.75) is 56.9 Å². The first kappa shape index (κ1) is 20.9. The van der Waals surface area contributed by atoms with Gasteiger partial charge >= 0.3 is 0 Å². The van der Waals surface area contributed by atoms with Gasteiger partial charge in [-0.3, -0.25) is 4.79 Å². The van der Waals surface area contributed by atoms with Crippen molar-refractivity contribution in [2.75, 3.05) is 26.2 Å². The fourth-order valence-corrected chi connectivity index (χ4v) is 5.07. The fraction of sp³-hybridized carbons (Fsp3) is 0.632. The molecule has 1 amide bonds. The third-order valence-electron chi connectivity index (χ3n) is 4.85. The molecule has 1 aromatic carbocycles. The summed E-state index contributed by atoms with van der Waals surface area (Å²) in [6.45, 7) is 6.10. The van der Waals surface area contributed by atoms with Crippen LogP contribution >= 0.6 is 0 Å². The molecule has 26 heavy (non-hydrogen) atoms. The minimum absolute atomic E-state index is 0.0666. The molecule has 0 spiro atoms. The van der Waals surface area contributed by atoms with Crippen molar-refractivity contribution in [3.05, 3.63) is 29.8 Å². The second-order valence-electron chi connectivity index (χ2n) is 6.81. The molecule has 1 aliphatic heterocycles. The summed E-state index contributed by atoms with van der Waals surface area (Å²) in [5, 5.41) is 0. The van der Waals surface area contributed by atoms with Gasteiger partial charge in [-0.2, -0.15) is 4.31 Å². The zero-order valence-electron chi connectivity index (χ0n) is 15.9. The molecule has 6 nitrogen and oxygen atoms in total. The van der Waals surface area contributed by atoms with Crippen LogP contribution in [0.2, 0.25) is 0 Å². The largest absolute Gasteiger partial charge is 0.334 e. The highest BCUT2D eigenvalue weighted by Crippen LogP contribution is 2.21. The highest BCUT2D eigenvalue weighted by Gasteiger charge is 2.27. The SMILES string of the molecule is CCCN(CCC)S(=O)(=O)c1ccc(C(=O)N2CCCCC2CN)cc1. The number of carbonyl (C=O) groups excluding carboxylic acids is 1. The number of carbonyl (C=O) groups is 1. The highest BCUT2D eigenvalue weighted by molar-refractivity contribution is 7.89. The van der Waals surface area contributed by atoms with Crippen LogP contribution in [-0.2, 0) is 10.0 Å². The van der Waals surface area contributed by atoms with Crippen molar-refractivity contribution < 1.29 is 13.2 Å². The Kier molecular flexibility index (Phi) is 7.61. The molecule has 1 aliphatic rings. The van der Waals surface area contributed by atoms with Crippen molar-refractivity contribution in [1.29, 1.82) is 0 Å². The zero-order chi connectivity index (χ0) is 19.2. The summed E-state index contributed by atoms with van der Waals surface area (Å²) in [5.41, 5.74) is 6.32. The van der Waals surface area contributed by atoms with E-state index >= 15 is 0 Å². The Morgan fingerprint density at radius 2 is 1.77 bits per heavy atom. The van der Waals surface area contributed by atoms with Gasteiger partial charge in [0.05, 0.1) is 4.90 Å². The van der Waals surface area contributed by atoms with E-state index in [2.05, 4.69) is 0 Å². The lowest BCUT2D eigenvalue weighted by Gasteiger charge is -2.35. The molecule has 2 rings (SSSR count). The van der Waals surface area contributed by atoms with Gasteiger partial charge in [0.15, 0.2) is 0 Å². The minimum atomic E-state index is -3.52. The number of nitrogens with two attached hydrogens (primary N) is 1. The van der Waals surface area contributed by atoms with E-state index in [-0.39, 0.29) is 16.8 Å². The zero-order valence-corrected chi connectivity index (χ0v) is 16.7. The Balaban J connectivity index is 2.20. The standard InChI is InChI=1S/C19H31N3O3S/c1-3-12-21(13-4-2)26(24,25)18-10-8-16(9-11-18)19(23)22-14-6-5-7-17(22)15-20/h8-11,17H,3-7,12-15,20H2,1-2H3. The van der Waals surface area contributed by atoms with Crippen LogP contribution in [0.5, 0.6) is 0 Å². The van der Waals surface area contributed by atoms with Gasteiger partial charge in [-0.1, -0.05) is 13.8 Å². The number of sulfonamides is 1. The molecule has 146 valence electrons. The molecule has 1 atom stereocenters. The van der Waals surface area contributed by atoms with Crippen molar-refractivity contribution in [1.82, 2.24) is 9.21 Å². The molecular formula is C19H31N3O3S. The van der Waals surface area contributed by atoms with Crippen LogP contribution < -0.4 is 5.73 Å². The molecular weight excluding hydrogens is 350 g/mol. The van der Waals surface area contributed by atoms with Gasteiger partial charge in [0, 0.05) is 37.8 Å². The van der Waals surface area contributed by atoms with Crippen molar-refractivity contribution in [3.8, 4) is 0 Å². The lowest BCUT2D eigenvalue weighted by molar-refractivity contribution is 0.0623. The Morgan fingerprint density at radius 3 is 2.31 bits per heavy atom. The molecule has 0 bridgehead atoms. The third-order valence-corrected chi connectivity index (χ3v) is 6.76. The predicted molar refractivity (Wildman–Crippen MR) is 104 cm³/mol. The van der Waals surface area contributed by atoms with E-state index in [1.54, 1.807) is 24.3 Å². The molecule has 0 aromatic heterocycles. The monoisotopic (exact) mass is 381 g/mol. The van der Waals surface area contributed by atoms with Crippen LogP contribution in [0.25, 0.3) is 0 Å². The van der Waals surface area contributed by atoms with Gasteiger partial charge in [-0.05, 0) is 56.4 Å². The summed E-state index contributed by atoms with van der Waals surface area (Å²) in [4.78, 5) is 14.8. The maximum absolute atomic E-state index is 12.8. The fourth-order valence-electron chi connectivity index (χ4n) is 3.45. The van der Waals surface area contributed by atoms with Crippen LogP contribution in [-0.4, -0.2) is 55.8 Å². The molecule has 0 aliphatic carbocycles. The lowest BCUT2D eigenvalue weighted by atomic mass is 10.0. The van der Waals surface area contributed by atoms with Crippen molar-refractivity contribution in [2.24, 2.45) is 5.73 Å². The van der Waals surface area contributed by atoms with E-state index in [9.17, 15) is 13.2 Å². The number of hydrogen-bond donors (Lipinski definition) is 1. The first-order valence-electron chi connectivity index (χ1n) is 9.56. The topological polar surface area (TPSA) is 83.7 Å². The molecule has 1 unspecified atom stereocenters. The van der Waals surface area contributed by atoms with Gasteiger partial charge in [0.25, 0.3) is 5.91 Å². The van der Waals surface area contributed by atoms with E-state index in [0.717, 1.165) is 32.1 Å². The Labute approximate surface area is 157 Å². The van der Waals surface area contributed by atoms with Gasteiger partial charge in [-0.15, -0.1) is 0 Å². The smallest absolute Gasteiger partial charge is 0.254 e. The molecule has 2 N–H and O–H groups in total. The maximum atomic E-state index is 12.8. The van der Waals surface area contributed by atoms with E-state index in [4.69, 9.17) is 5.73 Å². The number of nitrogens with zero attached hydrogens (tertiary/aromatic N) is 2. The number of hydrogen-bond acceptors (Lipinski definition) is 4. The van der Waals surface area contributed by atoms with E-state index in [1.807, 2.05) is 18.7 Å². The van der Waals surface area contributed by atoms with E-state index < -0.39 is 10.0 Å². The minimum Gasteiger partial charge on any atom is -0.334 e. The third kappa shape index (κ3) is 4.64. The summed E-state index contributed by atoms with van der Waals surface area (Å²) < 4.78 is 27.1. The molecule has 1 heterocycles. The highest BCUT2D eigenvalue weighted by atomic mass is 32.2. The molecule has 0 saturated carbocycles. The molecule has 1 saturated heterocycles. The number of rotatable bonds is 8. The normalized spacial score (nSPS) is 18.3. The number of amides is 1. The van der Waals surface area contributed by atoms with Crippen LogP contribution in [0.1, 0.15) is 56.3 Å². The number of likely N-dealkylation sites (tertiary alicyclic amines) is 1. The van der Waals surface area contributed by atoms with E-state index in [0.29, 0.717) is 31.7 Å². The molecule has 0 radical (unpaired) electrons. The van der Waals surface area contributed by atoms with Gasteiger partial charge < -0.3 is 10.6 Å². The Bertz CT molecular complexity index is 682. The Hall–Kier alpha value is -1.44. The van der Waals surface area contributed by atoms with Crippen molar-refractivity contribution >= 4 is 15.9 Å². The second kappa shape index (κ2) is 9.48. The first-order valence-corrected chi connectivity index (χ1v) is 11.0. The maximum Gasteiger partial charge on any atom is 0.254 e. The van der Waals surface area contributed by atoms with Crippen LogP contribution in [0.4, 0.5) is 0 Å². The average Bonchev–Trinajstić information content (AvgIpc) is 2.67. The summed E-state index contributed by atoms with van der Waals surface area (Å²) in [6, 6.07) is 6.40. The second-order valence-corrected chi connectivity index (χ2v) is 8.75. The summed E-state index contributed by atoms with van der Waals surface area (Å²) in [6.07, 6.45) is 4.54. The average molecular weight is 382 g/mol.